The summed E-state index contributed by atoms with van der Waals surface area (Å²) in [7, 11) is 0. The third kappa shape index (κ3) is 3.66. The van der Waals surface area contributed by atoms with Gasteiger partial charge in [0.15, 0.2) is 5.58 Å². The maximum absolute atomic E-state index is 12.0. The molecule has 0 saturated carbocycles. The smallest absolute Gasteiger partial charge is 0.408 e. The van der Waals surface area contributed by atoms with Gasteiger partial charge in [-0.05, 0) is 50.4 Å². The highest BCUT2D eigenvalue weighted by Gasteiger charge is 2.20. The molecule has 7 nitrogen and oxygen atoms in total. The van der Waals surface area contributed by atoms with Gasteiger partial charge in [-0.15, -0.1) is 0 Å². The first-order chi connectivity index (χ1) is 12.3. The lowest BCUT2D eigenvalue weighted by Gasteiger charge is -2.32. The Balaban J connectivity index is 1.32. The largest absolute Gasteiger partial charge is 0.419 e. The van der Waals surface area contributed by atoms with E-state index in [2.05, 4.69) is 15.0 Å². The molecule has 0 spiro atoms. The van der Waals surface area contributed by atoms with Gasteiger partial charge in [-0.2, -0.15) is 5.10 Å². The topological polar surface area (TPSA) is 69.1 Å². The summed E-state index contributed by atoms with van der Waals surface area (Å²) in [5.74, 6) is 0.358. The van der Waals surface area contributed by atoms with Crippen LogP contribution in [0.1, 0.15) is 19.3 Å². The fourth-order valence-corrected chi connectivity index (χ4v) is 3.77. The summed E-state index contributed by atoms with van der Waals surface area (Å²) in [6.07, 6.45) is 6.78. The van der Waals surface area contributed by atoms with Crippen molar-refractivity contribution in [2.75, 3.05) is 19.6 Å². The lowest BCUT2D eigenvalue weighted by molar-refractivity contribution is 0.156. The Labute approximate surface area is 145 Å². The fourth-order valence-electron chi connectivity index (χ4n) is 3.77. The van der Waals surface area contributed by atoms with Crippen LogP contribution in [-0.4, -0.2) is 43.9 Å². The van der Waals surface area contributed by atoms with Gasteiger partial charge >= 0.3 is 5.76 Å². The number of benzene rings is 1. The van der Waals surface area contributed by atoms with Crippen LogP contribution in [0.5, 0.6) is 0 Å². The molecule has 25 heavy (non-hydrogen) atoms. The zero-order valence-corrected chi connectivity index (χ0v) is 14.3. The summed E-state index contributed by atoms with van der Waals surface area (Å²) < 4.78 is 8.96. The highest BCUT2D eigenvalue weighted by Crippen LogP contribution is 2.18. The summed E-state index contributed by atoms with van der Waals surface area (Å²) in [5.41, 5.74) is 1.55. The van der Waals surface area contributed by atoms with Crippen molar-refractivity contribution in [1.82, 2.24) is 24.2 Å². The standard InChI is InChI=1S/C18H23N5O2/c24-18-23(16-6-1-2-7-17(16)25-18)10-4-9-21-8-3-5-15(11-21)12-22-14-19-13-20-22/h1-2,6-7,13-15H,3-5,8-12H2. The van der Waals surface area contributed by atoms with Crippen molar-refractivity contribution in [3.05, 3.63) is 47.5 Å². The summed E-state index contributed by atoms with van der Waals surface area (Å²) in [6.45, 7) is 4.85. The van der Waals surface area contributed by atoms with Crippen LogP contribution in [0, 0.1) is 5.92 Å². The van der Waals surface area contributed by atoms with Crippen LogP contribution in [0.25, 0.3) is 11.1 Å². The first-order valence-corrected chi connectivity index (χ1v) is 8.93. The van der Waals surface area contributed by atoms with Crippen molar-refractivity contribution in [2.24, 2.45) is 5.92 Å². The van der Waals surface area contributed by atoms with E-state index >= 15 is 0 Å². The van der Waals surface area contributed by atoms with E-state index in [9.17, 15) is 4.79 Å². The van der Waals surface area contributed by atoms with Crippen LogP contribution in [0.2, 0.25) is 0 Å². The number of rotatable bonds is 6. The van der Waals surface area contributed by atoms with Crippen LogP contribution in [0.15, 0.2) is 46.1 Å². The highest BCUT2D eigenvalue weighted by molar-refractivity contribution is 5.72. The molecule has 0 N–H and O–H groups in total. The molecule has 1 aromatic carbocycles. The van der Waals surface area contributed by atoms with Crippen LogP contribution in [0.3, 0.4) is 0 Å². The van der Waals surface area contributed by atoms with Gasteiger partial charge in [0.1, 0.15) is 12.7 Å². The molecule has 0 amide bonds. The van der Waals surface area contributed by atoms with Gasteiger partial charge < -0.3 is 9.32 Å². The maximum atomic E-state index is 12.0. The molecule has 7 heteroatoms. The van der Waals surface area contributed by atoms with Gasteiger partial charge in [0.2, 0.25) is 0 Å². The van der Waals surface area contributed by atoms with Gasteiger partial charge in [0, 0.05) is 19.6 Å². The fraction of sp³-hybridized carbons (Fsp3) is 0.500. The van der Waals surface area contributed by atoms with Crippen LogP contribution in [0.4, 0.5) is 0 Å². The third-order valence-electron chi connectivity index (χ3n) is 4.94. The minimum Gasteiger partial charge on any atom is -0.408 e. The number of aryl methyl sites for hydroxylation is 1. The number of fused-ring (bicyclic) bond motifs is 1. The Morgan fingerprint density at radius 1 is 1.24 bits per heavy atom. The Morgan fingerprint density at radius 3 is 3.04 bits per heavy atom. The maximum Gasteiger partial charge on any atom is 0.419 e. The molecule has 3 heterocycles. The molecule has 1 unspecified atom stereocenters. The van der Waals surface area contributed by atoms with E-state index in [4.69, 9.17) is 4.42 Å². The number of hydrogen-bond donors (Lipinski definition) is 0. The molecule has 0 bridgehead atoms. The lowest BCUT2D eigenvalue weighted by Crippen LogP contribution is -2.38. The molecule has 3 aromatic rings. The Kier molecular flexibility index (Phi) is 4.65. The van der Waals surface area contributed by atoms with E-state index in [-0.39, 0.29) is 5.76 Å². The summed E-state index contributed by atoms with van der Waals surface area (Å²) in [5, 5.41) is 4.21. The quantitative estimate of drug-likeness (QED) is 0.686. The number of nitrogens with zero attached hydrogens (tertiary/aromatic N) is 5. The molecular formula is C18H23N5O2. The lowest BCUT2D eigenvalue weighted by atomic mass is 9.98. The van der Waals surface area contributed by atoms with Crippen LogP contribution < -0.4 is 5.76 Å². The second-order valence-corrected chi connectivity index (χ2v) is 6.77. The summed E-state index contributed by atoms with van der Waals surface area (Å²) >= 11 is 0. The average Bonchev–Trinajstić information content (AvgIpc) is 3.23. The van der Waals surface area contributed by atoms with E-state index in [1.54, 1.807) is 17.2 Å². The predicted octanol–water partition coefficient (Wildman–Crippen LogP) is 1.99. The Morgan fingerprint density at radius 2 is 2.16 bits per heavy atom. The normalized spacial score (nSPS) is 18.8. The minimum atomic E-state index is -0.260. The monoisotopic (exact) mass is 341 g/mol. The zero-order valence-electron chi connectivity index (χ0n) is 14.3. The van der Waals surface area contributed by atoms with E-state index in [1.165, 1.54) is 12.8 Å². The van der Waals surface area contributed by atoms with Crippen molar-refractivity contribution >= 4 is 11.1 Å². The zero-order chi connectivity index (χ0) is 17.1. The second kappa shape index (κ2) is 7.23. The molecular weight excluding hydrogens is 318 g/mol. The average molecular weight is 341 g/mol. The van der Waals surface area contributed by atoms with Gasteiger partial charge in [0.05, 0.1) is 5.52 Å². The van der Waals surface area contributed by atoms with E-state index in [0.717, 1.165) is 38.1 Å². The molecule has 1 saturated heterocycles. The highest BCUT2D eigenvalue weighted by atomic mass is 16.4. The predicted molar refractivity (Wildman–Crippen MR) is 94.3 cm³/mol. The van der Waals surface area contributed by atoms with Gasteiger partial charge in [-0.25, -0.2) is 9.78 Å². The van der Waals surface area contributed by atoms with Crippen LogP contribution in [-0.2, 0) is 13.1 Å². The van der Waals surface area contributed by atoms with Gasteiger partial charge in [-0.1, -0.05) is 12.1 Å². The minimum absolute atomic E-state index is 0.260. The van der Waals surface area contributed by atoms with Crippen molar-refractivity contribution in [2.45, 2.75) is 32.4 Å². The number of hydrogen-bond acceptors (Lipinski definition) is 5. The van der Waals surface area contributed by atoms with Gasteiger partial charge in [0.25, 0.3) is 0 Å². The van der Waals surface area contributed by atoms with Gasteiger partial charge in [-0.3, -0.25) is 9.25 Å². The number of oxazole rings is 1. The van der Waals surface area contributed by atoms with Crippen molar-refractivity contribution < 1.29 is 4.42 Å². The van der Waals surface area contributed by atoms with E-state index in [1.807, 2.05) is 28.9 Å². The molecule has 4 rings (SSSR count). The van der Waals surface area contributed by atoms with E-state index < -0.39 is 0 Å². The van der Waals surface area contributed by atoms with Crippen molar-refractivity contribution in [1.29, 1.82) is 0 Å². The Hall–Kier alpha value is -2.41. The molecule has 1 aliphatic heterocycles. The molecule has 1 fully saturated rings. The number of para-hydroxylation sites is 2. The third-order valence-corrected chi connectivity index (χ3v) is 4.94. The number of likely N-dealkylation sites (tertiary alicyclic amines) is 1. The first-order valence-electron chi connectivity index (χ1n) is 8.93. The molecule has 1 atom stereocenters. The number of piperidine rings is 1. The molecule has 0 aliphatic carbocycles. The molecule has 0 radical (unpaired) electrons. The first kappa shape index (κ1) is 16.1. The van der Waals surface area contributed by atoms with Crippen molar-refractivity contribution in [3.8, 4) is 0 Å². The van der Waals surface area contributed by atoms with Crippen LogP contribution >= 0.6 is 0 Å². The molecule has 2 aromatic heterocycles. The second-order valence-electron chi connectivity index (χ2n) is 6.77. The summed E-state index contributed by atoms with van der Waals surface area (Å²) in [6, 6.07) is 7.60. The number of aromatic nitrogens is 4. The molecule has 132 valence electrons. The van der Waals surface area contributed by atoms with E-state index in [0.29, 0.717) is 18.0 Å². The Bertz CT molecular complexity index is 867. The SMILES string of the molecule is O=c1oc2ccccc2n1CCCN1CCCC(Cn2cncn2)C1. The molecule has 1 aliphatic rings. The summed E-state index contributed by atoms with van der Waals surface area (Å²) in [4.78, 5) is 18.5. The van der Waals surface area contributed by atoms with Crippen molar-refractivity contribution in [3.63, 3.8) is 0 Å².